The molecule has 6 heteroatoms. The first-order valence-electron chi connectivity index (χ1n) is 5.95. The SMILES string of the molecule is O=C(O)C1(n2cnnc2C2CCOC2)CCC1. The van der Waals surface area contributed by atoms with Crippen LogP contribution in [0.3, 0.4) is 0 Å². The molecule has 6 nitrogen and oxygen atoms in total. The van der Waals surface area contributed by atoms with E-state index < -0.39 is 11.5 Å². The Morgan fingerprint density at radius 3 is 2.94 bits per heavy atom. The second-order valence-corrected chi connectivity index (χ2v) is 4.81. The number of carboxylic acid groups (broad SMARTS) is 1. The first-order chi connectivity index (χ1) is 8.24. The maximum Gasteiger partial charge on any atom is 0.329 e. The second-order valence-electron chi connectivity index (χ2n) is 4.81. The maximum atomic E-state index is 11.5. The van der Waals surface area contributed by atoms with E-state index in [1.165, 1.54) is 0 Å². The zero-order valence-corrected chi connectivity index (χ0v) is 9.50. The van der Waals surface area contributed by atoms with Crippen molar-refractivity contribution in [3.8, 4) is 0 Å². The van der Waals surface area contributed by atoms with Gasteiger partial charge in [0.1, 0.15) is 17.7 Å². The molecule has 1 saturated heterocycles. The van der Waals surface area contributed by atoms with Crippen LogP contribution in [-0.4, -0.2) is 39.1 Å². The van der Waals surface area contributed by atoms with Crippen molar-refractivity contribution in [3.05, 3.63) is 12.2 Å². The van der Waals surface area contributed by atoms with E-state index in [4.69, 9.17) is 4.74 Å². The lowest BCUT2D eigenvalue weighted by Crippen LogP contribution is -2.48. The van der Waals surface area contributed by atoms with E-state index >= 15 is 0 Å². The molecule has 1 N–H and O–H groups in total. The largest absolute Gasteiger partial charge is 0.479 e. The average molecular weight is 237 g/mol. The van der Waals surface area contributed by atoms with Crippen LogP contribution in [0, 0.1) is 0 Å². The van der Waals surface area contributed by atoms with Crippen molar-refractivity contribution >= 4 is 5.97 Å². The second kappa shape index (κ2) is 3.80. The Labute approximate surface area is 98.6 Å². The van der Waals surface area contributed by atoms with Crippen LogP contribution in [0.1, 0.15) is 37.4 Å². The number of ether oxygens (including phenoxy) is 1. The summed E-state index contributed by atoms with van der Waals surface area (Å²) in [4.78, 5) is 11.5. The van der Waals surface area contributed by atoms with Gasteiger partial charge in [-0.15, -0.1) is 10.2 Å². The lowest BCUT2D eigenvalue weighted by Gasteiger charge is -2.39. The maximum absolute atomic E-state index is 11.5. The highest BCUT2D eigenvalue weighted by atomic mass is 16.5. The molecule has 17 heavy (non-hydrogen) atoms. The molecule has 0 spiro atoms. The fourth-order valence-electron chi connectivity index (χ4n) is 2.66. The molecule has 0 aromatic carbocycles. The number of aromatic nitrogens is 3. The first kappa shape index (κ1) is 10.7. The minimum Gasteiger partial charge on any atom is -0.479 e. The third-order valence-corrected chi connectivity index (χ3v) is 3.91. The van der Waals surface area contributed by atoms with Crippen LogP contribution in [0.5, 0.6) is 0 Å². The van der Waals surface area contributed by atoms with Gasteiger partial charge < -0.3 is 9.84 Å². The number of carboxylic acids is 1. The van der Waals surface area contributed by atoms with Crippen molar-refractivity contribution in [1.82, 2.24) is 14.8 Å². The summed E-state index contributed by atoms with van der Waals surface area (Å²) in [6, 6.07) is 0. The Kier molecular flexibility index (Phi) is 2.39. The summed E-state index contributed by atoms with van der Waals surface area (Å²) in [5.41, 5.74) is -0.804. The predicted octanol–water partition coefficient (Wildman–Crippen LogP) is 0.746. The minimum atomic E-state index is -0.804. The van der Waals surface area contributed by atoms with Gasteiger partial charge in [-0.2, -0.15) is 0 Å². The number of aliphatic carboxylic acids is 1. The van der Waals surface area contributed by atoms with Gasteiger partial charge in [0.2, 0.25) is 0 Å². The van der Waals surface area contributed by atoms with Crippen molar-refractivity contribution in [2.24, 2.45) is 0 Å². The highest BCUT2D eigenvalue weighted by Crippen LogP contribution is 2.41. The lowest BCUT2D eigenvalue weighted by atomic mass is 9.76. The molecule has 1 aliphatic heterocycles. The van der Waals surface area contributed by atoms with E-state index in [9.17, 15) is 9.90 Å². The molecule has 2 fully saturated rings. The van der Waals surface area contributed by atoms with Crippen LogP contribution >= 0.6 is 0 Å². The zero-order valence-electron chi connectivity index (χ0n) is 9.50. The van der Waals surface area contributed by atoms with Crippen LogP contribution < -0.4 is 0 Å². The van der Waals surface area contributed by atoms with E-state index in [0.29, 0.717) is 19.4 Å². The Bertz CT molecular complexity index is 433. The summed E-state index contributed by atoms with van der Waals surface area (Å²) < 4.78 is 7.09. The van der Waals surface area contributed by atoms with Gasteiger partial charge in [-0.1, -0.05) is 0 Å². The molecule has 1 atom stereocenters. The molecule has 0 radical (unpaired) electrons. The van der Waals surface area contributed by atoms with Crippen LogP contribution in [0.4, 0.5) is 0 Å². The molecule has 1 aromatic rings. The van der Waals surface area contributed by atoms with Gasteiger partial charge in [-0.25, -0.2) is 4.79 Å². The summed E-state index contributed by atoms with van der Waals surface area (Å²) in [6.07, 6.45) is 4.74. The van der Waals surface area contributed by atoms with Crippen molar-refractivity contribution in [2.45, 2.75) is 37.1 Å². The van der Waals surface area contributed by atoms with Crippen molar-refractivity contribution in [3.63, 3.8) is 0 Å². The molecule has 1 aliphatic carbocycles. The molecule has 0 amide bonds. The van der Waals surface area contributed by atoms with Gasteiger partial charge in [-0.3, -0.25) is 4.57 Å². The van der Waals surface area contributed by atoms with Gasteiger partial charge in [-0.05, 0) is 25.7 Å². The number of rotatable bonds is 3. The minimum absolute atomic E-state index is 0.189. The van der Waals surface area contributed by atoms with Crippen molar-refractivity contribution < 1.29 is 14.6 Å². The molecule has 2 aliphatic rings. The zero-order chi connectivity index (χ0) is 11.9. The van der Waals surface area contributed by atoms with E-state index in [1.807, 2.05) is 0 Å². The molecule has 3 rings (SSSR count). The lowest BCUT2D eigenvalue weighted by molar-refractivity contribution is -0.152. The Balaban J connectivity index is 1.97. The topological polar surface area (TPSA) is 77.2 Å². The van der Waals surface area contributed by atoms with E-state index in [-0.39, 0.29) is 5.92 Å². The summed E-state index contributed by atoms with van der Waals surface area (Å²) >= 11 is 0. The molecule has 2 heterocycles. The van der Waals surface area contributed by atoms with E-state index in [2.05, 4.69) is 10.2 Å². The van der Waals surface area contributed by atoms with Crippen molar-refractivity contribution in [1.29, 1.82) is 0 Å². The summed E-state index contributed by atoms with van der Waals surface area (Å²) in [5.74, 6) is 0.183. The molecule has 0 bridgehead atoms. The molecular formula is C11H15N3O3. The molecule has 1 unspecified atom stereocenters. The van der Waals surface area contributed by atoms with Gasteiger partial charge in [0, 0.05) is 12.5 Å². The Hall–Kier alpha value is -1.43. The average Bonchev–Trinajstić information content (AvgIpc) is 2.82. The Morgan fingerprint density at radius 1 is 1.59 bits per heavy atom. The summed E-state index contributed by atoms with van der Waals surface area (Å²) in [7, 11) is 0. The quantitative estimate of drug-likeness (QED) is 0.839. The fraction of sp³-hybridized carbons (Fsp3) is 0.727. The van der Waals surface area contributed by atoms with Gasteiger partial charge >= 0.3 is 5.97 Å². The number of hydrogen-bond donors (Lipinski definition) is 1. The smallest absolute Gasteiger partial charge is 0.329 e. The fourth-order valence-corrected chi connectivity index (χ4v) is 2.66. The standard InChI is InChI=1S/C11H15N3O3/c15-10(16)11(3-1-4-11)14-7-12-13-9(14)8-2-5-17-6-8/h7-8H,1-6H2,(H,15,16). The van der Waals surface area contributed by atoms with Gasteiger partial charge in [0.15, 0.2) is 0 Å². The summed E-state index contributed by atoms with van der Waals surface area (Å²) in [5, 5.41) is 17.4. The summed E-state index contributed by atoms with van der Waals surface area (Å²) in [6.45, 7) is 1.34. The third-order valence-electron chi connectivity index (χ3n) is 3.91. The van der Waals surface area contributed by atoms with Crippen LogP contribution in [0.25, 0.3) is 0 Å². The van der Waals surface area contributed by atoms with Crippen LogP contribution in [0.15, 0.2) is 6.33 Å². The number of nitrogens with zero attached hydrogens (tertiary/aromatic N) is 3. The normalized spacial score (nSPS) is 26.7. The van der Waals surface area contributed by atoms with Crippen molar-refractivity contribution in [2.75, 3.05) is 13.2 Å². The number of carbonyl (C=O) groups is 1. The third kappa shape index (κ3) is 1.47. The monoisotopic (exact) mass is 237 g/mol. The highest BCUT2D eigenvalue weighted by Gasteiger charge is 2.48. The van der Waals surface area contributed by atoms with Gasteiger partial charge in [0.05, 0.1) is 6.61 Å². The molecule has 92 valence electrons. The highest BCUT2D eigenvalue weighted by molar-refractivity contribution is 5.78. The van der Waals surface area contributed by atoms with E-state index in [0.717, 1.165) is 25.3 Å². The van der Waals surface area contributed by atoms with Crippen LogP contribution in [0.2, 0.25) is 0 Å². The van der Waals surface area contributed by atoms with Crippen LogP contribution in [-0.2, 0) is 15.1 Å². The van der Waals surface area contributed by atoms with Gasteiger partial charge in [0.25, 0.3) is 0 Å². The predicted molar refractivity (Wildman–Crippen MR) is 57.7 cm³/mol. The molecule has 1 aromatic heterocycles. The number of hydrogen-bond acceptors (Lipinski definition) is 4. The van der Waals surface area contributed by atoms with E-state index in [1.54, 1.807) is 10.9 Å². The Morgan fingerprint density at radius 2 is 2.41 bits per heavy atom. The molecular weight excluding hydrogens is 222 g/mol. The molecule has 1 saturated carbocycles. The first-order valence-corrected chi connectivity index (χ1v) is 5.95.